The SMILES string of the molecule is CC(NS(=O)(=O)c1ccccc1)C(=O)N1CCC(C)(CN)C1. The Kier molecular flexibility index (Phi) is 4.89. The Hall–Kier alpha value is -1.44. The lowest BCUT2D eigenvalue weighted by atomic mass is 9.90. The molecule has 2 rings (SSSR count). The summed E-state index contributed by atoms with van der Waals surface area (Å²) in [7, 11) is -3.69. The summed E-state index contributed by atoms with van der Waals surface area (Å²) in [5, 5.41) is 0. The number of benzene rings is 1. The second kappa shape index (κ2) is 6.36. The van der Waals surface area contributed by atoms with E-state index in [0.717, 1.165) is 6.42 Å². The molecule has 0 radical (unpaired) electrons. The quantitative estimate of drug-likeness (QED) is 0.827. The largest absolute Gasteiger partial charge is 0.341 e. The van der Waals surface area contributed by atoms with E-state index in [1.807, 2.05) is 6.92 Å². The predicted octanol–water partition coefficient (Wildman–Crippen LogP) is 0.551. The van der Waals surface area contributed by atoms with Crippen LogP contribution in [0.5, 0.6) is 0 Å². The molecule has 6 nitrogen and oxygen atoms in total. The van der Waals surface area contributed by atoms with Crippen LogP contribution in [0.1, 0.15) is 20.3 Å². The molecule has 1 aliphatic heterocycles. The van der Waals surface area contributed by atoms with E-state index >= 15 is 0 Å². The van der Waals surface area contributed by atoms with Gasteiger partial charge in [-0.15, -0.1) is 0 Å². The fourth-order valence-corrected chi connectivity index (χ4v) is 3.82. The number of nitrogens with zero attached hydrogens (tertiary/aromatic N) is 1. The first-order valence-electron chi connectivity index (χ1n) is 7.34. The first-order chi connectivity index (χ1) is 10.3. The molecule has 22 heavy (non-hydrogen) atoms. The lowest BCUT2D eigenvalue weighted by Crippen LogP contribution is -2.46. The van der Waals surface area contributed by atoms with Gasteiger partial charge in [0.15, 0.2) is 0 Å². The molecular weight excluding hydrogens is 302 g/mol. The predicted molar refractivity (Wildman–Crippen MR) is 84.6 cm³/mol. The molecular formula is C15H23N3O3S. The number of carbonyl (C=O) groups is 1. The molecule has 0 aliphatic carbocycles. The summed E-state index contributed by atoms with van der Waals surface area (Å²) in [6, 6.07) is 7.24. The maximum Gasteiger partial charge on any atom is 0.241 e. The van der Waals surface area contributed by atoms with Gasteiger partial charge in [0, 0.05) is 13.1 Å². The molecule has 1 saturated heterocycles. The van der Waals surface area contributed by atoms with Crippen LogP contribution in [0.3, 0.4) is 0 Å². The average Bonchev–Trinajstić information content (AvgIpc) is 2.90. The van der Waals surface area contributed by atoms with Gasteiger partial charge in [0.1, 0.15) is 0 Å². The zero-order chi connectivity index (χ0) is 16.4. The van der Waals surface area contributed by atoms with Crippen molar-refractivity contribution in [2.24, 2.45) is 11.1 Å². The van der Waals surface area contributed by atoms with Crippen LogP contribution in [0.25, 0.3) is 0 Å². The van der Waals surface area contributed by atoms with E-state index in [0.29, 0.717) is 19.6 Å². The van der Waals surface area contributed by atoms with Crippen molar-refractivity contribution < 1.29 is 13.2 Å². The maximum atomic E-state index is 12.4. The molecule has 1 amide bonds. The Balaban J connectivity index is 2.04. The monoisotopic (exact) mass is 325 g/mol. The van der Waals surface area contributed by atoms with Gasteiger partial charge in [-0.2, -0.15) is 4.72 Å². The minimum Gasteiger partial charge on any atom is -0.341 e. The maximum absolute atomic E-state index is 12.4. The lowest BCUT2D eigenvalue weighted by Gasteiger charge is -2.25. The van der Waals surface area contributed by atoms with Gasteiger partial charge >= 0.3 is 0 Å². The van der Waals surface area contributed by atoms with Crippen LogP contribution in [0.2, 0.25) is 0 Å². The fraction of sp³-hybridized carbons (Fsp3) is 0.533. The number of sulfonamides is 1. The highest BCUT2D eigenvalue weighted by atomic mass is 32.2. The fourth-order valence-electron chi connectivity index (χ4n) is 2.60. The van der Waals surface area contributed by atoms with Crippen LogP contribution in [-0.2, 0) is 14.8 Å². The van der Waals surface area contributed by atoms with Crippen molar-refractivity contribution in [1.82, 2.24) is 9.62 Å². The van der Waals surface area contributed by atoms with Crippen LogP contribution < -0.4 is 10.5 Å². The molecule has 0 aromatic heterocycles. The Morgan fingerprint density at radius 3 is 2.59 bits per heavy atom. The topological polar surface area (TPSA) is 92.5 Å². The molecule has 122 valence electrons. The summed E-state index contributed by atoms with van der Waals surface area (Å²) < 4.78 is 26.9. The number of nitrogens with two attached hydrogens (primary N) is 1. The van der Waals surface area contributed by atoms with E-state index in [-0.39, 0.29) is 16.2 Å². The van der Waals surface area contributed by atoms with Crippen LogP contribution in [0.15, 0.2) is 35.2 Å². The van der Waals surface area contributed by atoms with Gasteiger partial charge in [-0.25, -0.2) is 8.42 Å². The summed E-state index contributed by atoms with van der Waals surface area (Å²) in [4.78, 5) is 14.3. The molecule has 7 heteroatoms. The first kappa shape index (κ1) is 16.9. The Bertz CT molecular complexity index is 633. The number of rotatable bonds is 5. The van der Waals surface area contributed by atoms with E-state index in [2.05, 4.69) is 4.72 Å². The molecule has 1 aliphatic rings. The average molecular weight is 325 g/mol. The molecule has 3 N–H and O–H groups in total. The Labute approximate surface area is 131 Å². The minimum atomic E-state index is -3.69. The van der Waals surface area contributed by atoms with Crippen molar-refractivity contribution >= 4 is 15.9 Å². The second-order valence-corrected chi connectivity index (χ2v) is 7.89. The van der Waals surface area contributed by atoms with Gasteiger partial charge in [0.2, 0.25) is 15.9 Å². The van der Waals surface area contributed by atoms with Crippen molar-refractivity contribution in [2.45, 2.75) is 31.2 Å². The zero-order valence-corrected chi connectivity index (χ0v) is 13.8. The summed E-state index contributed by atoms with van der Waals surface area (Å²) in [6.45, 7) is 5.31. The van der Waals surface area contributed by atoms with Crippen LogP contribution in [0, 0.1) is 5.41 Å². The van der Waals surface area contributed by atoms with Crippen molar-refractivity contribution in [3.63, 3.8) is 0 Å². The van der Waals surface area contributed by atoms with Crippen molar-refractivity contribution in [2.75, 3.05) is 19.6 Å². The van der Waals surface area contributed by atoms with Gasteiger partial charge in [-0.05, 0) is 37.4 Å². The van der Waals surface area contributed by atoms with Crippen molar-refractivity contribution in [3.05, 3.63) is 30.3 Å². The normalized spacial score (nSPS) is 23.5. The van der Waals surface area contributed by atoms with Crippen molar-refractivity contribution in [1.29, 1.82) is 0 Å². The molecule has 1 aromatic carbocycles. The lowest BCUT2D eigenvalue weighted by molar-refractivity contribution is -0.131. The van der Waals surface area contributed by atoms with Crippen molar-refractivity contribution in [3.8, 4) is 0 Å². The zero-order valence-electron chi connectivity index (χ0n) is 13.0. The van der Waals surface area contributed by atoms with Gasteiger partial charge in [0.05, 0.1) is 10.9 Å². The number of nitrogens with one attached hydrogen (secondary N) is 1. The minimum absolute atomic E-state index is 0.0757. The Morgan fingerprint density at radius 1 is 1.41 bits per heavy atom. The first-order valence-corrected chi connectivity index (χ1v) is 8.82. The smallest absolute Gasteiger partial charge is 0.241 e. The number of carbonyl (C=O) groups excluding carboxylic acids is 1. The van der Waals surface area contributed by atoms with E-state index < -0.39 is 16.1 Å². The van der Waals surface area contributed by atoms with Crippen LogP contribution in [0.4, 0.5) is 0 Å². The van der Waals surface area contributed by atoms with E-state index in [4.69, 9.17) is 5.73 Å². The Morgan fingerprint density at radius 2 is 2.05 bits per heavy atom. The summed E-state index contributed by atoms with van der Waals surface area (Å²) >= 11 is 0. The molecule has 0 saturated carbocycles. The molecule has 1 aromatic rings. The highest BCUT2D eigenvalue weighted by Gasteiger charge is 2.37. The van der Waals surface area contributed by atoms with Crippen LogP contribution >= 0.6 is 0 Å². The molecule has 0 spiro atoms. The number of hydrogen-bond acceptors (Lipinski definition) is 4. The molecule has 0 bridgehead atoms. The third-order valence-corrected chi connectivity index (χ3v) is 5.67. The van der Waals surface area contributed by atoms with Gasteiger partial charge < -0.3 is 10.6 Å². The standard InChI is InChI=1S/C15H23N3O3S/c1-12(14(19)18-9-8-15(2,10-16)11-18)17-22(20,21)13-6-4-3-5-7-13/h3-7,12,17H,8-11,16H2,1-2H3. The van der Waals surface area contributed by atoms with Gasteiger partial charge in [0.25, 0.3) is 0 Å². The number of hydrogen-bond donors (Lipinski definition) is 2. The van der Waals surface area contributed by atoms with Gasteiger partial charge in [-0.3, -0.25) is 4.79 Å². The molecule has 1 fully saturated rings. The number of amides is 1. The van der Waals surface area contributed by atoms with E-state index in [9.17, 15) is 13.2 Å². The molecule has 1 heterocycles. The summed E-state index contributed by atoms with van der Waals surface area (Å²) in [5.41, 5.74) is 5.66. The molecule has 2 unspecified atom stereocenters. The van der Waals surface area contributed by atoms with Gasteiger partial charge in [-0.1, -0.05) is 25.1 Å². The van der Waals surface area contributed by atoms with E-state index in [1.165, 1.54) is 12.1 Å². The summed E-state index contributed by atoms with van der Waals surface area (Å²) in [5.74, 6) is -0.211. The second-order valence-electron chi connectivity index (χ2n) is 6.18. The third kappa shape index (κ3) is 3.66. The summed E-state index contributed by atoms with van der Waals surface area (Å²) in [6.07, 6.45) is 0.841. The highest BCUT2D eigenvalue weighted by Crippen LogP contribution is 2.28. The molecule has 2 atom stereocenters. The number of likely N-dealkylation sites (tertiary alicyclic amines) is 1. The third-order valence-electron chi connectivity index (χ3n) is 4.12. The highest BCUT2D eigenvalue weighted by molar-refractivity contribution is 7.89. The van der Waals surface area contributed by atoms with E-state index in [1.54, 1.807) is 30.0 Å². The van der Waals surface area contributed by atoms with Crippen LogP contribution in [-0.4, -0.2) is 44.9 Å².